The standard InChI is InChI=1S/C50H38N4O4/c1-29-19-31(27-51)7-13-37(29)39-25-49(53-45-15-9-33(55-3)21-41(45)42-22-34(56-4)10-16-46(42)53)50(26-40(39)38-14-8-32(28-52)20-30(38)2)54-47-17-11-35(57-5)23-43(47)44-24-36(58-6)12-18-48(44)54/h7-26H,1-6H3. The van der Waals surface area contributed by atoms with Gasteiger partial charge in [0.15, 0.2) is 0 Å². The van der Waals surface area contributed by atoms with E-state index in [1.54, 1.807) is 28.4 Å². The zero-order valence-electron chi connectivity index (χ0n) is 33.0. The SMILES string of the molecule is COc1ccc2c(c1)c1cc(OC)ccc1n2-c1cc(-c2ccc(C#N)cc2C)c(-c2ccc(C#N)cc2C)cc1-n1c2ccc(OC)cc2c2cc(OC)ccc21. The fourth-order valence-electron chi connectivity index (χ4n) is 8.44. The summed E-state index contributed by atoms with van der Waals surface area (Å²) >= 11 is 0. The molecule has 2 aromatic heterocycles. The van der Waals surface area contributed by atoms with Crippen LogP contribution < -0.4 is 18.9 Å². The third-order valence-electron chi connectivity index (χ3n) is 11.2. The van der Waals surface area contributed by atoms with Crippen LogP contribution in [0.25, 0.3) is 77.2 Å². The number of hydrogen-bond donors (Lipinski definition) is 0. The molecule has 58 heavy (non-hydrogen) atoms. The highest BCUT2D eigenvalue weighted by Crippen LogP contribution is 2.46. The summed E-state index contributed by atoms with van der Waals surface area (Å²) in [6.07, 6.45) is 0. The predicted octanol–water partition coefficient (Wildman–Crippen LogP) is 11.6. The molecule has 8 heteroatoms. The summed E-state index contributed by atoms with van der Waals surface area (Å²) in [5.41, 5.74) is 12.9. The monoisotopic (exact) mass is 758 g/mol. The van der Waals surface area contributed by atoms with Gasteiger partial charge in [-0.05, 0) is 156 Å². The Balaban J connectivity index is 1.51. The Hall–Kier alpha value is -7.68. The first-order valence-corrected chi connectivity index (χ1v) is 18.8. The summed E-state index contributed by atoms with van der Waals surface area (Å²) < 4.78 is 27.7. The summed E-state index contributed by atoms with van der Waals surface area (Å²) in [6, 6.07) is 45.6. The topological polar surface area (TPSA) is 94.4 Å². The van der Waals surface area contributed by atoms with E-state index in [4.69, 9.17) is 18.9 Å². The molecule has 0 N–H and O–H groups in total. The number of fused-ring (bicyclic) bond motifs is 6. The van der Waals surface area contributed by atoms with Gasteiger partial charge in [0.2, 0.25) is 0 Å². The molecule has 7 aromatic carbocycles. The zero-order valence-corrected chi connectivity index (χ0v) is 33.0. The number of aryl methyl sites for hydroxylation is 2. The van der Waals surface area contributed by atoms with Crippen molar-refractivity contribution in [1.82, 2.24) is 9.13 Å². The minimum atomic E-state index is 0.593. The highest BCUT2D eigenvalue weighted by Gasteiger charge is 2.25. The maximum Gasteiger partial charge on any atom is 0.119 e. The van der Waals surface area contributed by atoms with Crippen LogP contribution in [0.4, 0.5) is 0 Å². The van der Waals surface area contributed by atoms with Crippen LogP contribution in [0.1, 0.15) is 22.3 Å². The van der Waals surface area contributed by atoms with Crippen LogP contribution in [0.5, 0.6) is 23.0 Å². The van der Waals surface area contributed by atoms with Crippen LogP contribution in [-0.4, -0.2) is 37.6 Å². The molecule has 8 nitrogen and oxygen atoms in total. The zero-order chi connectivity index (χ0) is 40.2. The minimum absolute atomic E-state index is 0.593. The highest BCUT2D eigenvalue weighted by molar-refractivity contribution is 6.13. The van der Waals surface area contributed by atoms with Crippen molar-refractivity contribution in [3.63, 3.8) is 0 Å². The van der Waals surface area contributed by atoms with Gasteiger partial charge in [0.25, 0.3) is 0 Å². The number of nitrogens with zero attached hydrogens (tertiary/aromatic N) is 4. The van der Waals surface area contributed by atoms with Crippen molar-refractivity contribution in [2.75, 3.05) is 28.4 Å². The average molecular weight is 759 g/mol. The summed E-state index contributed by atoms with van der Waals surface area (Å²) in [7, 11) is 6.73. The highest BCUT2D eigenvalue weighted by atomic mass is 16.5. The predicted molar refractivity (Wildman–Crippen MR) is 231 cm³/mol. The number of methoxy groups -OCH3 is 4. The molecule has 2 heterocycles. The largest absolute Gasteiger partial charge is 0.497 e. The van der Waals surface area contributed by atoms with Crippen molar-refractivity contribution in [3.05, 3.63) is 144 Å². The molecule has 0 spiro atoms. The van der Waals surface area contributed by atoms with E-state index in [-0.39, 0.29) is 0 Å². The number of benzene rings is 7. The quantitative estimate of drug-likeness (QED) is 0.153. The second kappa shape index (κ2) is 14.1. The Kier molecular flexibility index (Phi) is 8.76. The molecule has 0 fully saturated rings. The molecule has 0 radical (unpaired) electrons. The van der Waals surface area contributed by atoms with E-state index in [2.05, 4.69) is 81.9 Å². The Labute approximate surface area is 335 Å². The van der Waals surface area contributed by atoms with Crippen molar-refractivity contribution in [2.45, 2.75) is 13.8 Å². The summed E-state index contributed by atoms with van der Waals surface area (Å²) in [5.74, 6) is 3.00. The summed E-state index contributed by atoms with van der Waals surface area (Å²) in [4.78, 5) is 0. The van der Waals surface area contributed by atoms with Crippen molar-refractivity contribution >= 4 is 43.6 Å². The molecule has 9 aromatic rings. The summed E-state index contributed by atoms with van der Waals surface area (Å²) in [6.45, 7) is 4.10. The van der Waals surface area contributed by atoms with Crippen LogP contribution in [-0.2, 0) is 0 Å². The number of hydrogen-bond acceptors (Lipinski definition) is 6. The first-order chi connectivity index (χ1) is 28.3. The first-order valence-electron chi connectivity index (χ1n) is 18.8. The fourth-order valence-corrected chi connectivity index (χ4v) is 8.44. The van der Waals surface area contributed by atoms with E-state index in [0.717, 1.165) is 111 Å². The van der Waals surface area contributed by atoms with Crippen molar-refractivity contribution in [3.8, 4) is 68.8 Å². The smallest absolute Gasteiger partial charge is 0.119 e. The second-order valence-corrected chi connectivity index (χ2v) is 14.4. The second-order valence-electron chi connectivity index (χ2n) is 14.4. The van der Waals surface area contributed by atoms with E-state index >= 15 is 0 Å². The van der Waals surface area contributed by atoms with E-state index in [1.165, 1.54) is 0 Å². The van der Waals surface area contributed by atoms with Gasteiger partial charge < -0.3 is 28.1 Å². The molecule has 0 aliphatic rings. The van der Waals surface area contributed by atoms with E-state index in [9.17, 15) is 10.5 Å². The number of nitriles is 2. The molecule has 9 rings (SSSR count). The molecule has 0 aliphatic carbocycles. The Morgan fingerprint density at radius 1 is 0.379 bits per heavy atom. The lowest BCUT2D eigenvalue weighted by molar-refractivity contribution is 0.415. The van der Waals surface area contributed by atoms with Gasteiger partial charge >= 0.3 is 0 Å². The molecule has 0 atom stereocenters. The lowest BCUT2D eigenvalue weighted by Crippen LogP contribution is -2.06. The van der Waals surface area contributed by atoms with E-state index in [1.807, 2.05) is 74.5 Å². The van der Waals surface area contributed by atoms with Crippen LogP contribution in [0.2, 0.25) is 0 Å². The normalized spacial score (nSPS) is 11.2. The van der Waals surface area contributed by atoms with Gasteiger partial charge in [-0.15, -0.1) is 0 Å². The fraction of sp³-hybridized carbons (Fsp3) is 0.120. The Morgan fingerprint density at radius 3 is 0.948 bits per heavy atom. The van der Waals surface area contributed by atoms with Crippen molar-refractivity contribution in [2.24, 2.45) is 0 Å². The molecule has 0 saturated heterocycles. The maximum absolute atomic E-state index is 9.85. The average Bonchev–Trinajstić information content (AvgIpc) is 3.76. The van der Waals surface area contributed by atoms with Crippen molar-refractivity contribution < 1.29 is 18.9 Å². The Bertz CT molecular complexity index is 2890. The maximum atomic E-state index is 9.85. The van der Waals surface area contributed by atoms with Gasteiger partial charge in [0.1, 0.15) is 23.0 Å². The van der Waals surface area contributed by atoms with Gasteiger partial charge in [-0.25, -0.2) is 0 Å². The van der Waals surface area contributed by atoms with Crippen molar-refractivity contribution in [1.29, 1.82) is 10.5 Å². The number of aromatic nitrogens is 2. The minimum Gasteiger partial charge on any atom is -0.497 e. The van der Waals surface area contributed by atoms with Gasteiger partial charge in [0.05, 0.1) is 85.1 Å². The van der Waals surface area contributed by atoms with E-state index in [0.29, 0.717) is 11.1 Å². The molecule has 282 valence electrons. The molecule has 0 unspecified atom stereocenters. The van der Waals surface area contributed by atoms with Crippen LogP contribution in [0.3, 0.4) is 0 Å². The van der Waals surface area contributed by atoms with Crippen LogP contribution in [0, 0.1) is 36.5 Å². The molecular weight excluding hydrogens is 721 g/mol. The van der Waals surface area contributed by atoms with Crippen LogP contribution in [0.15, 0.2) is 121 Å². The number of ether oxygens (including phenoxy) is 4. The van der Waals surface area contributed by atoms with Gasteiger partial charge in [-0.3, -0.25) is 0 Å². The third-order valence-corrected chi connectivity index (χ3v) is 11.2. The first kappa shape index (κ1) is 36.0. The Morgan fingerprint density at radius 2 is 0.690 bits per heavy atom. The molecule has 0 amide bonds. The third kappa shape index (κ3) is 5.66. The van der Waals surface area contributed by atoms with Gasteiger partial charge in [0, 0.05) is 21.5 Å². The molecule has 0 saturated carbocycles. The van der Waals surface area contributed by atoms with Crippen LogP contribution >= 0.6 is 0 Å². The lowest BCUT2D eigenvalue weighted by atomic mass is 9.88. The molecule has 0 aliphatic heterocycles. The van der Waals surface area contributed by atoms with Gasteiger partial charge in [-0.2, -0.15) is 10.5 Å². The number of rotatable bonds is 8. The lowest BCUT2D eigenvalue weighted by Gasteiger charge is -2.23. The van der Waals surface area contributed by atoms with E-state index < -0.39 is 0 Å². The summed E-state index contributed by atoms with van der Waals surface area (Å²) in [5, 5.41) is 23.8. The van der Waals surface area contributed by atoms with Gasteiger partial charge in [-0.1, -0.05) is 12.1 Å². The molecular formula is C50H38N4O4. The molecule has 0 bridgehead atoms.